The van der Waals surface area contributed by atoms with Crippen molar-refractivity contribution in [2.45, 2.75) is 36.9 Å². The maximum atomic E-state index is 2.47. The predicted molar refractivity (Wildman–Crippen MR) is 68.1 cm³/mol. The molecule has 0 amide bonds. The Labute approximate surface area is 96.9 Å². The molecule has 1 aromatic carbocycles. The molecular weight excluding hydrogens is 202 g/mol. The summed E-state index contributed by atoms with van der Waals surface area (Å²) in [4.78, 5) is 2.47. The zero-order chi connectivity index (χ0) is 11.1. The molecule has 82 valence electrons. The molecule has 1 aromatic rings. The smallest absolute Gasteiger partial charge is 0.0820 e. The van der Waals surface area contributed by atoms with Crippen molar-refractivity contribution in [3.05, 3.63) is 35.9 Å². The molecule has 0 bridgehead atoms. The summed E-state index contributed by atoms with van der Waals surface area (Å²) in [6.07, 6.45) is 0. The summed E-state index contributed by atoms with van der Waals surface area (Å²) in [6, 6.07) is 11.4. The van der Waals surface area contributed by atoms with E-state index in [4.69, 9.17) is 0 Å². The van der Waals surface area contributed by atoms with Crippen molar-refractivity contribution in [3.63, 3.8) is 0 Å². The number of thioether (sulfide) groups is 1. The molecule has 15 heavy (non-hydrogen) atoms. The molecule has 0 radical (unpaired) electrons. The highest BCUT2D eigenvalue weighted by Gasteiger charge is 2.42. The second-order valence-corrected chi connectivity index (χ2v) is 6.56. The van der Waals surface area contributed by atoms with E-state index in [1.54, 1.807) is 0 Å². The van der Waals surface area contributed by atoms with Crippen LogP contribution in [0.3, 0.4) is 0 Å². The van der Waals surface area contributed by atoms with Crippen molar-refractivity contribution in [1.82, 2.24) is 4.90 Å². The molecule has 2 atom stereocenters. The van der Waals surface area contributed by atoms with Gasteiger partial charge in [-0.05, 0) is 33.4 Å². The number of hydrogen-bond acceptors (Lipinski definition) is 2. The van der Waals surface area contributed by atoms with Crippen LogP contribution in [-0.2, 0) is 0 Å². The Morgan fingerprint density at radius 1 is 1.20 bits per heavy atom. The fraction of sp³-hybridized carbons (Fsp3) is 0.538. The van der Waals surface area contributed by atoms with Gasteiger partial charge in [0.05, 0.1) is 5.37 Å². The van der Waals surface area contributed by atoms with Crippen LogP contribution in [0.25, 0.3) is 0 Å². The van der Waals surface area contributed by atoms with Gasteiger partial charge in [0.25, 0.3) is 0 Å². The SMILES string of the molecule is C[C@H]1N(C)[C@@H](c2ccccc2)SC1(C)C. The molecule has 0 unspecified atom stereocenters. The van der Waals surface area contributed by atoms with Gasteiger partial charge in [0.1, 0.15) is 0 Å². The molecule has 1 saturated heterocycles. The van der Waals surface area contributed by atoms with Crippen molar-refractivity contribution >= 4 is 11.8 Å². The first kappa shape index (κ1) is 11.0. The summed E-state index contributed by atoms with van der Waals surface area (Å²) in [5, 5.41) is 0.510. The molecule has 0 spiro atoms. The minimum absolute atomic E-state index is 0.343. The minimum Gasteiger partial charge on any atom is -0.287 e. The predicted octanol–water partition coefficient (Wildman–Crippen LogP) is 3.53. The molecule has 0 aromatic heterocycles. The van der Waals surface area contributed by atoms with Crippen molar-refractivity contribution in [2.24, 2.45) is 0 Å². The van der Waals surface area contributed by atoms with Crippen LogP contribution in [0.1, 0.15) is 31.7 Å². The van der Waals surface area contributed by atoms with Crippen LogP contribution >= 0.6 is 11.8 Å². The Bertz CT molecular complexity index is 334. The third-order valence-electron chi connectivity index (χ3n) is 3.49. The fourth-order valence-corrected chi connectivity index (χ4v) is 3.66. The molecule has 2 rings (SSSR count). The molecule has 0 aliphatic carbocycles. The molecule has 1 fully saturated rings. The highest BCUT2D eigenvalue weighted by Crippen LogP contribution is 2.50. The van der Waals surface area contributed by atoms with Crippen LogP contribution in [0, 0.1) is 0 Å². The Morgan fingerprint density at radius 2 is 1.80 bits per heavy atom. The van der Waals surface area contributed by atoms with Gasteiger partial charge in [0.15, 0.2) is 0 Å². The zero-order valence-electron chi connectivity index (χ0n) is 9.90. The normalized spacial score (nSPS) is 30.7. The van der Waals surface area contributed by atoms with E-state index >= 15 is 0 Å². The second-order valence-electron chi connectivity index (χ2n) is 4.83. The zero-order valence-corrected chi connectivity index (χ0v) is 10.7. The van der Waals surface area contributed by atoms with Crippen molar-refractivity contribution in [1.29, 1.82) is 0 Å². The Balaban J connectivity index is 2.27. The van der Waals surface area contributed by atoms with Crippen LogP contribution in [0.5, 0.6) is 0 Å². The highest BCUT2D eigenvalue weighted by atomic mass is 32.2. The first-order valence-electron chi connectivity index (χ1n) is 5.47. The minimum atomic E-state index is 0.343. The lowest BCUT2D eigenvalue weighted by molar-refractivity contribution is 0.239. The number of nitrogens with zero attached hydrogens (tertiary/aromatic N) is 1. The first-order valence-corrected chi connectivity index (χ1v) is 6.35. The van der Waals surface area contributed by atoms with E-state index < -0.39 is 0 Å². The quantitative estimate of drug-likeness (QED) is 0.713. The summed E-state index contributed by atoms with van der Waals surface area (Å²) in [5.74, 6) is 0. The van der Waals surface area contributed by atoms with Gasteiger partial charge < -0.3 is 0 Å². The van der Waals surface area contributed by atoms with E-state index in [0.717, 1.165) is 0 Å². The molecule has 1 aliphatic rings. The first-order chi connectivity index (χ1) is 7.02. The van der Waals surface area contributed by atoms with Gasteiger partial charge in [0, 0.05) is 10.8 Å². The van der Waals surface area contributed by atoms with Gasteiger partial charge >= 0.3 is 0 Å². The van der Waals surface area contributed by atoms with E-state index in [1.165, 1.54) is 5.56 Å². The van der Waals surface area contributed by atoms with E-state index in [-0.39, 0.29) is 0 Å². The van der Waals surface area contributed by atoms with Gasteiger partial charge in [-0.1, -0.05) is 30.3 Å². The molecule has 1 heterocycles. The van der Waals surface area contributed by atoms with E-state index in [2.05, 4.69) is 74.8 Å². The summed E-state index contributed by atoms with van der Waals surface area (Å²) in [6.45, 7) is 6.99. The molecule has 0 saturated carbocycles. The van der Waals surface area contributed by atoms with Gasteiger partial charge in [0.2, 0.25) is 0 Å². The molecule has 0 N–H and O–H groups in total. The maximum absolute atomic E-state index is 2.47. The van der Waals surface area contributed by atoms with E-state index in [1.807, 2.05) is 0 Å². The summed E-state index contributed by atoms with van der Waals surface area (Å²) in [7, 11) is 2.23. The monoisotopic (exact) mass is 221 g/mol. The lowest BCUT2D eigenvalue weighted by Gasteiger charge is -2.25. The topological polar surface area (TPSA) is 3.24 Å². The van der Waals surface area contributed by atoms with Crippen molar-refractivity contribution < 1.29 is 0 Å². The standard InChI is InChI=1S/C13H19NS/c1-10-13(2,3)15-12(14(10)4)11-8-6-5-7-9-11/h5-10,12H,1-4H3/t10-,12-/m1/s1. The van der Waals surface area contributed by atoms with E-state index in [0.29, 0.717) is 16.2 Å². The molecule has 1 nitrogen and oxygen atoms in total. The molecule has 1 aliphatic heterocycles. The van der Waals surface area contributed by atoms with Crippen LogP contribution < -0.4 is 0 Å². The number of rotatable bonds is 1. The third-order valence-corrected chi connectivity index (χ3v) is 5.26. The van der Waals surface area contributed by atoms with Crippen LogP contribution in [0.4, 0.5) is 0 Å². The summed E-state index contributed by atoms with van der Waals surface area (Å²) < 4.78 is 0.343. The van der Waals surface area contributed by atoms with Gasteiger partial charge in [-0.25, -0.2) is 0 Å². The third kappa shape index (κ3) is 1.93. The number of benzene rings is 1. The second kappa shape index (κ2) is 3.84. The van der Waals surface area contributed by atoms with Crippen LogP contribution in [0.2, 0.25) is 0 Å². The van der Waals surface area contributed by atoms with Crippen molar-refractivity contribution in [2.75, 3.05) is 7.05 Å². The lowest BCUT2D eigenvalue weighted by Crippen LogP contribution is -2.35. The maximum Gasteiger partial charge on any atom is 0.0820 e. The Kier molecular flexibility index (Phi) is 2.82. The average Bonchev–Trinajstić information content (AvgIpc) is 2.44. The largest absolute Gasteiger partial charge is 0.287 e. The van der Waals surface area contributed by atoms with Crippen molar-refractivity contribution in [3.8, 4) is 0 Å². The summed E-state index contributed by atoms with van der Waals surface area (Å²) >= 11 is 2.06. The highest BCUT2D eigenvalue weighted by molar-refractivity contribution is 8.01. The van der Waals surface area contributed by atoms with Gasteiger partial charge in [-0.15, -0.1) is 11.8 Å². The molecular formula is C13H19NS. The van der Waals surface area contributed by atoms with Crippen LogP contribution in [-0.4, -0.2) is 22.7 Å². The van der Waals surface area contributed by atoms with E-state index in [9.17, 15) is 0 Å². The Morgan fingerprint density at radius 3 is 2.27 bits per heavy atom. The summed E-state index contributed by atoms with van der Waals surface area (Å²) in [5.41, 5.74) is 1.42. The lowest BCUT2D eigenvalue weighted by atomic mass is 10.0. The average molecular weight is 221 g/mol. The number of hydrogen-bond donors (Lipinski definition) is 0. The molecule has 2 heteroatoms. The van der Waals surface area contributed by atoms with Crippen LogP contribution in [0.15, 0.2) is 30.3 Å². The van der Waals surface area contributed by atoms with Gasteiger partial charge in [-0.2, -0.15) is 0 Å². The van der Waals surface area contributed by atoms with Gasteiger partial charge in [-0.3, -0.25) is 4.90 Å². The fourth-order valence-electron chi connectivity index (χ4n) is 2.08. The Hall–Kier alpha value is -0.470.